The van der Waals surface area contributed by atoms with Gasteiger partial charge in [-0.2, -0.15) is 11.3 Å². The van der Waals surface area contributed by atoms with Crippen LogP contribution in [0.3, 0.4) is 0 Å². The van der Waals surface area contributed by atoms with Gasteiger partial charge in [0.1, 0.15) is 0 Å². The molecule has 0 atom stereocenters. The smallest absolute Gasteiger partial charge is 0.237 e. The largest absolute Gasteiger partial charge is 0.334 e. The van der Waals surface area contributed by atoms with Gasteiger partial charge >= 0.3 is 0 Å². The van der Waals surface area contributed by atoms with Crippen molar-refractivity contribution < 1.29 is 4.79 Å². The molecule has 0 radical (unpaired) electrons. The molecule has 1 aliphatic carbocycles. The first-order valence-corrected chi connectivity index (χ1v) is 7.15. The fraction of sp³-hybridized carbons (Fsp3) is 0.615. The third-order valence-corrected chi connectivity index (χ3v) is 3.63. The molecule has 0 aromatic carbocycles. The molecule has 17 heavy (non-hydrogen) atoms. The van der Waals surface area contributed by atoms with Crippen LogP contribution in [-0.4, -0.2) is 29.4 Å². The van der Waals surface area contributed by atoms with Crippen LogP contribution in [0.25, 0.3) is 0 Å². The summed E-state index contributed by atoms with van der Waals surface area (Å²) in [5, 5.41) is 7.39. The minimum absolute atomic E-state index is 0.229. The minimum atomic E-state index is 0.229. The number of amides is 1. The van der Waals surface area contributed by atoms with E-state index in [0.717, 1.165) is 19.4 Å². The van der Waals surface area contributed by atoms with E-state index in [2.05, 4.69) is 36.0 Å². The highest BCUT2D eigenvalue weighted by molar-refractivity contribution is 7.07. The van der Waals surface area contributed by atoms with Crippen LogP contribution in [0.15, 0.2) is 16.8 Å². The van der Waals surface area contributed by atoms with E-state index >= 15 is 0 Å². The monoisotopic (exact) mass is 252 g/mol. The molecule has 1 heterocycles. The summed E-state index contributed by atoms with van der Waals surface area (Å²) in [6, 6.07) is 2.95. The highest BCUT2D eigenvalue weighted by Crippen LogP contribution is 2.28. The average Bonchev–Trinajstić information content (AvgIpc) is 3.00. The van der Waals surface area contributed by atoms with Crippen LogP contribution >= 0.6 is 11.3 Å². The molecule has 1 aromatic rings. The predicted molar refractivity (Wildman–Crippen MR) is 71.0 cm³/mol. The number of nitrogens with one attached hydrogen (secondary N) is 1. The molecule has 3 nitrogen and oxygen atoms in total. The molecule has 1 amide bonds. The number of thiophene rings is 1. The molecular formula is C13H20N2OS. The standard InChI is InChI=1S/C13H20N2OS/c1-10(2)14-7-13(16)15(12-3-4-12)8-11-5-6-17-9-11/h5-6,9-10,12,14H,3-4,7-8H2,1-2H3. The molecule has 94 valence electrons. The van der Waals surface area contributed by atoms with Gasteiger partial charge in [-0.1, -0.05) is 13.8 Å². The van der Waals surface area contributed by atoms with E-state index in [0.29, 0.717) is 18.6 Å². The summed E-state index contributed by atoms with van der Waals surface area (Å²) in [5.74, 6) is 0.229. The lowest BCUT2D eigenvalue weighted by Crippen LogP contribution is -2.40. The Labute approximate surface area is 107 Å². The van der Waals surface area contributed by atoms with Gasteiger partial charge in [-0.05, 0) is 35.2 Å². The van der Waals surface area contributed by atoms with Crippen molar-refractivity contribution in [1.82, 2.24) is 10.2 Å². The second-order valence-corrected chi connectivity index (χ2v) is 5.70. The molecule has 4 heteroatoms. The number of hydrogen-bond acceptors (Lipinski definition) is 3. The summed E-state index contributed by atoms with van der Waals surface area (Å²) in [6.45, 7) is 5.35. The van der Waals surface area contributed by atoms with Crippen LogP contribution in [-0.2, 0) is 11.3 Å². The molecule has 1 aliphatic rings. The number of carbonyl (C=O) groups excluding carboxylic acids is 1. The second kappa shape index (κ2) is 5.65. The molecule has 1 aromatic heterocycles. The number of rotatable bonds is 6. The third-order valence-electron chi connectivity index (χ3n) is 2.90. The Hall–Kier alpha value is -0.870. The normalized spacial score (nSPS) is 15.2. The maximum Gasteiger partial charge on any atom is 0.237 e. The van der Waals surface area contributed by atoms with Crippen molar-refractivity contribution in [3.63, 3.8) is 0 Å². The molecule has 1 N–H and O–H groups in total. The molecule has 0 bridgehead atoms. The summed E-state index contributed by atoms with van der Waals surface area (Å²) < 4.78 is 0. The quantitative estimate of drug-likeness (QED) is 0.842. The second-order valence-electron chi connectivity index (χ2n) is 4.92. The number of hydrogen-bond donors (Lipinski definition) is 1. The maximum atomic E-state index is 12.1. The average molecular weight is 252 g/mol. The molecule has 1 fully saturated rings. The van der Waals surface area contributed by atoms with E-state index in [4.69, 9.17) is 0 Å². The summed E-state index contributed by atoms with van der Waals surface area (Å²) in [5.41, 5.74) is 1.25. The van der Waals surface area contributed by atoms with Crippen LogP contribution in [0.1, 0.15) is 32.3 Å². The zero-order valence-corrected chi connectivity index (χ0v) is 11.3. The summed E-state index contributed by atoms with van der Waals surface area (Å²) in [6.07, 6.45) is 2.33. The van der Waals surface area contributed by atoms with Crippen LogP contribution in [0, 0.1) is 0 Å². The fourth-order valence-electron chi connectivity index (χ4n) is 1.78. The first-order valence-electron chi connectivity index (χ1n) is 6.20. The van der Waals surface area contributed by atoms with Gasteiger partial charge in [0, 0.05) is 18.6 Å². The van der Waals surface area contributed by atoms with Gasteiger partial charge in [0.25, 0.3) is 0 Å². The van der Waals surface area contributed by atoms with Crippen molar-refractivity contribution in [2.75, 3.05) is 6.54 Å². The maximum absolute atomic E-state index is 12.1. The highest BCUT2D eigenvalue weighted by Gasteiger charge is 2.32. The van der Waals surface area contributed by atoms with Gasteiger partial charge < -0.3 is 10.2 Å². The SMILES string of the molecule is CC(C)NCC(=O)N(Cc1ccsc1)C1CC1. The molecule has 0 aliphatic heterocycles. The van der Waals surface area contributed by atoms with Crippen LogP contribution in [0.2, 0.25) is 0 Å². The first kappa shape index (κ1) is 12.6. The van der Waals surface area contributed by atoms with Gasteiger partial charge in [0.15, 0.2) is 0 Å². The van der Waals surface area contributed by atoms with Crippen molar-refractivity contribution in [2.24, 2.45) is 0 Å². The van der Waals surface area contributed by atoms with Crippen LogP contribution in [0.4, 0.5) is 0 Å². The molecule has 0 unspecified atom stereocenters. The first-order chi connectivity index (χ1) is 8.16. The van der Waals surface area contributed by atoms with Crippen LogP contribution in [0.5, 0.6) is 0 Å². The van der Waals surface area contributed by atoms with Gasteiger partial charge in [-0.3, -0.25) is 4.79 Å². The molecular weight excluding hydrogens is 232 g/mol. The van der Waals surface area contributed by atoms with E-state index in [1.807, 2.05) is 4.90 Å². The van der Waals surface area contributed by atoms with Gasteiger partial charge in [0.05, 0.1) is 6.54 Å². The van der Waals surface area contributed by atoms with E-state index in [9.17, 15) is 4.79 Å². The lowest BCUT2D eigenvalue weighted by atomic mass is 10.3. The molecule has 0 spiro atoms. The lowest BCUT2D eigenvalue weighted by Gasteiger charge is -2.22. The van der Waals surface area contributed by atoms with Crippen molar-refractivity contribution >= 4 is 17.2 Å². The Kier molecular flexibility index (Phi) is 4.18. The summed E-state index contributed by atoms with van der Waals surface area (Å²) in [7, 11) is 0. The van der Waals surface area contributed by atoms with Crippen LogP contribution < -0.4 is 5.32 Å². The molecule has 0 saturated heterocycles. The van der Waals surface area contributed by atoms with E-state index in [1.165, 1.54) is 5.56 Å². The zero-order valence-electron chi connectivity index (χ0n) is 10.5. The highest BCUT2D eigenvalue weighted by atomic mass is 32.1. The Morgan fingerprint density at radius 2 is 2.35 bits per heavy atom. The Morgan fingerprint density at radius 1 is 1.59 bits per heavy atom. The van der Waals surface area contributed by atoms with E-state index in [-0.39, 0.29) is 5.91 Å². The Bertz CT molecular complexity index is 358. The third kappa shape index (κ3) is 3.82. The minimum Gasteiger partial charge on any atom is -0.334 e. The van der Waals surface area contributed by atoms with Gasteiger partial charge in [0.2, 0.25) is 5.91 Å². The topological polar surface area (TPSA) is 32.3 Å². The predicted octanol–water partition coefficient (Wildman–Crippen LogP) is 2.24. The van der Waals surface area contributed by atoms with Crippen molar-refractivity contribution in [3.8, 4) is 0 Å². The summed E-state index contributed by atoms with van der Waals surface area (Å²) in [4.78, 5) is 14.1. The summed E-state index contributed by atoms with van der Waals surface area (Å²) >= 11 is 1.69. The number of nitrogens with zero attached hydrogens (tertiary/aromatic N) is 1. The van der Waals surface area contributed by atoms with Crippen molar-refractivity contribution in [3.05, 3.63) is 22.4 Å². The zero-order chi connectivity index (χ0) is 12.3. The molecule has 2 rings (SSSR count). The fourth-order valence-corrected chi connectivity index (χ4v) is 2.44. The lowest BCUT2D eigenvalue weighted by molar-refractivity contribution is -0.131. The van der Waals surface area contributed by atoms with E-state index in [1.54, 1.807) is 11.3 Å². The Balaban J connectivity index is 1.90. The van der Waals surface area contributed by atoms with E-state index < -0.39 is 0 Å². The molecule has 1 saturated carbocycles. The van der Waals surface area contributed by atoms with Gasteiger partial charge in [-0.15, -0.1) is 0 Å². The van der Waals surface area contributed by atoms with Crippen molar-refractivity contribution in [2.45, 2.75) is 45.3 Å². The van der Waals surface area contributed by atoms with Gasteiger partial charge in [-0.25, -0.2) is 0 Å². The number of carbonyl (C=O) groups is 1. The van der Waals surface area contributed by atoms with Crippen molar-refractivity contribution in [1.29, 1.82) is 0 Å². The Morgan fingerprint density at radius 3 is 2.88 bits per heavy atom.